The summed E-state index contributed by atoms with van der Waals surface area (Å²) >= 11 is 0. The quantitative estimate of drug-likeness (QED) is 0.529. The van der Waals surface area contributed by atoms with Gasteiger partial charge in [0.15, 0.2) is 5.69 Å². The first kappa shape index (κ1) is 9.64. The number of carbonyl (C=O) groups is 1. The highest BCUT2D eigenvalue weighted by atomic mass is 19.1. The van der Waals surface area contributed by atoms with Crippen molar-refractivity contribution in [3.8, 4) is 0 Å². The highest BCUT2D eigenvalue weighted by molar-refractivity contribution is 5.87. The van der Waals surface area contributed by atoms with E-state index in [9.17, 15) is 9.18 Å². The van der Waals surface area contributed by atoms with Crippen molar-refractivity contribution in [2.75, 3.05) is 6.61 Å². The summed E-state index contributed by atoms with van der Waals surface area (Å²) in [5, 5.41) is 0. The molecule has 0 radical (unpaired) electrons. The maximum absolute atomic E-state index is 12.5. The zero-order chi connectivity index (χ0) is 9.68. The van der Waals surface area contributed by atoms with Gasteiger partial charge in [0.2, 0.25) is 5.95 Å². The number of halogens is 1. The molecule has 3 nitrogen and oxygen atoms in total. The Labute approximate surface area is 75.6 Å². The zero-order valence-electron chi connectivity index (χ0n) is 7.29. The summed E-state index contributed by atoms with van der Waals surface area (Å²) in [7, 11) is 0. The fraction of sp³-hybridized carbons (Fsp3) is 0.333. The van der Waals surface area contributed by atoms with Crippen LogP contribution in [0.15, 0.2) is 18.2 Å². The van der Waals surface area contributed by atoms with Crippen LogP contribution in [0.5, 0.6) is 0 Å². The largest absolute Gasteiger partial charge is 0.461 e. The van der Waals surface area contributed by atoms with Gasteiger partial charge < -0.3 is 4.74 Å². The molecule has 0 amide bonds. The van der Waals surface area contributed by atoms with Crippen LogP contribution >= 0.6 is 0 Å². The lowest BCUT2D eigenvalue weighted by molar-refractivity contribution is 0.0497. The number of ether oxygens (including phenoxy) is 1. The van der Waals surface area contributed by atoms with E-state index in [1.54, 1.807) is 0 Å². The van der Waals surface area contributed by atoms with E-state index in [1.807, 2.05) is 6.92 Å². The van der Waals surface area contributed by atoms with E-state index in [0.29, 0.717) is 6.61 Å². The summed E-state index contributed by atoms with van der Waals surface area (Å²) in [6.45, 7) is 2.21. The molecule has 1 rings (SSSR count). The van der Waals surface area contributed by atoms with Gasteiger partial charge in [-0.15, -0.1) is 0 Å². The molecule has 0 unspecified atom stereocenters. The molecule has 0 aliphatic carbocycles. The Balaban J connectivity index is 2.66. The number of aromatic nitrogens is 1. The normalized spacial score (nSPS) is 9.69. The van der Waals surface area contributed by atoms with Crippen LogP contribution in [0.25, 0.3) is 0 Å². The van der Waals surface area contributed by atoms with Gasteiger partial charge in [-0.05, 0) is 18.6 Å². The third-order valence-corrected chi connectivity index (χ3v) is 1.36. The average Bonchev–Trinajstić information content (AvgIpc) is 2.14. The van der Waals surface area contributed by atoms with Gasteiger partial charge in [-0.2, -0.15) is 4.39 Å². The molecule has 70 valence electrons. The number of rotatable bonds is 3. The maximum Gasteiger partial charge on any atom is 0.357 e. The molecule has 0 spiro atoms. The molecule has 1 aromatic heterocycles. The van der Waals surface area contributed by atoms with Gasteiger partial charge in [-0.3, -0.25) is 0 Å². The molecule has 4 heteroatoms. The van der Waals surface area contributed by atoms with E-state index in [1.165, 1.54) is 18.2 Å². The van der Waals surface area contributed by atoms with Crippen molar-refractivity contribution in [3.05, 3.63) is 29.8 Å². The predicted molar refractivity (Wildman–Crippen MR) is 44.8 cm³/mol. The lowest BCUT2D eigenvalue weighted by Gasteiger charge is -2.01. The molecular formula is C9H10FNO2. The molecule has 0 aromatic carbocycles. The van der Waals surface area contributed by atoms with Gasteiger partial charge >= 0.3 is 5.97 Å². The van der Waals surface area contributed by atoms with Crippen molar-refractivity contribution in [3.63, 3.8) is 0 Å². The molecule has 1 aromatic rings. The summed E-state index contributed by atoms with van der Waals surface area (Å²) in [5.74, 6) is -1.26. The molecule has 0 fully saturated rings. The number of hydrogen-bond donors (Lipinski definition) is 0. The lowest BCUT2D eigenvalue weighted by atomic mass is 10.3. The molecule has 0 atom stereocenters. The molecule has 0 N–H and O–H groups in total. The lowest BCUT2D eigenvalue weighted by Crippen LogP contribution is -2.08. The van der Waals surface area contributed by atoms with Gasteiger partial charge in [-0.1, -0.05) is 13.0 Å². The molecule has 0 aliphatic rings. The van der Waals surface area contributed by atoms with E-state index >= 15 is 0 Å². The minimum atomic E-state index is -0.675. The third-order valence-electron chi connectivity index (χ3n) is 1.36. The summed E-state index contributed by atoms with van der Waals surface area (Å²) < 4.78 is 17.3. The van der Waals surface area contributed by atoms with Crippen LogP contribution in [0.4, 0.5) is 4.39 Å². The maximum atomic E-state index is 12.5. The van der Waals surface area contributed by atoms with Gasteiger partial charge in [0, 0.05) is 0 Å². The van der Waals surface area contributed by atoms with Gasteiger partial charge in [0.05, 0.1) is 6.61 Å². The number of carbonyl (C=O) groups excluding carboxylic acids is 1. The standard InChI is InChI=1S/C9H10FNO2/c1-2-6-13-9(12)7-4-3-5-8(10)11-7/h3-5H,2,6H2,1H3. The van der Waals surface area contributed by atoms with Crippen LogP contribution in [0.1, 0.15) is 23.8 Å². The van der Waals surface area contributed by atoms with Crippen molar-refractivity contribution < 1.29 is 13.9 Å². The second kappa shape index (κ2) is 4.54. The van der Waals surface area contributed by atoms with Crippen LogP contribution in [-0.4, -0.2) is 17.6 Å². The Morgan fingerprint density at radius 3 is 3.00 bits per heavy atom. The van der Waals surface area contributed by atoms with Gasteiger partial charge in [0.25, 0.3) is 0 Å². The minimum Gasteiger partial charge on any atom is -0.461 e. The number of pyridine rings is 1. The molecule has 13 heavy (non-hydrogen) atoms. The third kappa shape index (κ3) is 2.82. The Morgan fingerprint density at radius 2 is 2.38 bits per heavy atom. The van der Waals surface area contributed by atoms with Crippen LogP contribution in [-0.2, 0) is 4.74 Å². The Hall–Kier alpha value is -1.45. The van der Waals surface area contributed by atoms with Gasteiger partial charge in [-0.25, -0.2) is 9.78 Å². The predicted octanol–water partition coefficient (Wildman–Crippen LogP) is 1.79. The van der Waals surface area contributed by atoms with E-state index < -0.39 is 11.9 Å². The number of esters is 1. The first-order valence-corrected chi connectivity index (χ1v) is 4.03. The molecule has 0 aliphatic heterocycles. The molecule has 0 saturated heterocycles. The van der Waals surface area contributed by atoms with Crippen molar-refractivity contribution in [1.82, 2.24) is 4.98 Å². The van der Waals surface area contributed by atoms with Crippen molar-refractivity contribution in [2.24, 2.45) is 0 Å². The molecule has 0 saturated carbocycles. The second-order valence-corrected chi connectivity index (χ2v) is 2.48. The van der Waals surface area contributed by atoms with E-state index in [-0.39, 0.29) is 5.69 Å². The van der Waals surface area contributed by atoms with Crippen molar-refractivity contribution >= 4 is 5.97 Å². The minimum absolute atomic E-state index is 0.00782. The van der Waals surface area contributed by atoms with E-state index in [2.05, 4.69) is 4.98 Å². The summed E-state index contributed by atoms with van der Waals surface area (Å²) in [6.07, 6.45) is 0.737. The Morgan fingerprint density at radius 1 is 1.62 bits per heavy atom. The average molecular weight is 183 g/mol. The summed E-state index contributed by atoms with van der Waals surface area (Å²) in [4.78, 5) is 14.5. The summed E-state index contributed by atoms with van der Waals surface area (Å²) in [6, 6.07) is 4.02. The molecule has 1 heterocycles. The van der Waals surface area contributed by atoms with Crippen LogP contribution in [0, 0.1) is 5.95 Å². The van der Waals surface area contributed by atoms with E-state index in [4.69, 9.17) is 4.74 Å². The monoisotopic (exact) mass is 183 g/mol. The second-order valence-electron chi connectivity index (χ2n) is 2.48. The van der Waals surface area contributed by atoms with Crippen LogP contribution in [0.2, 0.25) is 0 Å². The smallest absolute Gasteiger partial charge is 0.357 e. The van der Waals surface area contributed by atoms with E-state index in [0.717, 1.165) is 6.42 Å². The Bertz CT molecular complexity index is 301. The van der Waals surface area contributed by atoms with Crippen LogP contribution < -0.4 is 0 Å². The Kier molecular flexibility index (Phi) is 3.37. The first-order chi connectivity index (χ1) is 6.24. The molecule has 0 bridgehead atoms. The summed E-state index contributed by atoms with van der Waals surface area (Å²) in [5.41, 5.74) is 0.00782. The van der Waals surface area contributed by atoms with Crippen molar-refractivity contribution in [2.45, 2.75) is 13.3 Å². The fourth-order valence-electron chi connectivity index (χ4n) is 0.791. The topological polar surface area (TPSA) is 39.2 Å². The fourth-order valence-corrected chi connectivity index (χ4v) is 0.791. The zero-order valence-corrected chi connectivity index (χ0v) is 7.29. The highest BCUT2D eigenvalue weighted by Gasteiger charge is 2.08. The number of nitrogens with zero attached hydrogens (tertiary/aromatic N) is 1. The van der Waals surface area contributed by atoms with Crippen molar-refractivity contribution in [1.29, 1.82) is 0 Å². The van der Waals surface area contributed by atoms with Crippen LogP contribution in [0.3, 0.4) is 0 Å². The number of hydrogen-bond acceptors (Lipinski definition) is 3. The molecular weight excluding hydrogens is 173 g/mol. The SMILES string of the molecule is CCCOC(=O)c1cccc(F)n1. The van der Waals surface area contributed by atoms with Gasteiger partial charge in [0.1, 0.15) is 0 Å². The highest BCUT2D eigenvalue weighted by Crippen LogP contribution is 2.00. The first-order valence-electron chi connectivity index (χ1n) is 4.03.